The van der Waals surface area contributed by atoms with Crippen molar-refractivity contribution in [3.05, 3.63) is 0 Å². The van der Waals surface area contributed by atoms with Gasteiger partial charge < -0.3 is 4.74 Å². The summed E-state index contributed by atoms with van der Waals surface area (Å²) in [5.41, 5.74) is 2.18. The van der Waals surface area contributed by atoms with Gasteiger partial charge in [0.2, 0.25) is 0 Å². The van der Waals surface area contributed by atoms with Gasteiger partial charge in [0.05, 0.1) is 6.10 Å². The minimum absolute atomic E-state index is 0.0814. The lowest BCUT2D eigenvalue weighted by atomic mass is 9.83. The van der Waals surface area contributed by atoms with Crippen molar-refractivity contribution in [2.45, 2.75) is 58.9 Å². The fourth-order valence-corrected chi connectivity index (χ4v) is 1.79. The SMILES string of the molecule is CCOC(C(CCC(F)(F)F)NN)C(C)(C)C. The second kappa shape index (κ2) is 6.56. The molecule has 0 aliphatic carbocycles. The topological polar surface area (TPSA) is 47.3 Å². The molecule has 0 aromatic heterocycles. The van der Waals surface area contributed by atoms with Gasteiger partial charge in [-0.25, -0.2) is 0 Å². The van der Waals surface area contributed by atoms with Crippen LogP contribution in [0, 0.1) is 5.41 Å². The van der Waals surface area contributed by atoms with Crippen molar-refractivity contribution in [2.24, 2.45) is 11.3 Å². The summed E-state index contributed by atoms with van der Waals surface area (Å²) in [7, 11) is 0. The molecule has 3 nitrogen and oxygen atoms in total. The fourth-order valence-electron chi connectivity index (χ4n) is 1.79. The first-order valence-electron chi connectivity index (χ1n) is 5.76. The summed E-state index contributed by atoms with van der Waals surface area (Å²) in [6.07, 6.45) is -5.45. The van der Waals surface area contributed by atoms with Crippen molar-refractivity contribution >= 4 is 0 Å². The molecule has 0 aromatic rings. The molecule has 0 aliphatic heterocycles. The first-order valence-corrected chi connectivity index (χ1v) is 5.76. The van der Waals surface area contributed by atoms with Crippen LogP contribution in [-0.4, -0.2) is 24.9 Å². The van der Waals surface area contributed by atoms with E-state index in [1.54, 1.807) is 0 Å². The van der Waals surface area contributed by atoms with Crippen LogP contribution in [0.2, 0.25) is 0 Å². The van der Waals surface area contributed by atoms with E-state index < -0.39 is 18.6 Å². The Balaban J connectivity index is 4.57. The zero-order chi connectivity index (χ0) is 13.7. The number of hydrogen-bond donors (Lipinski definition) is 2. The van der Waals surface area contributed by atoms with Crippen LogP contribution in [0.1, 0.15) is 40.5 Å². The van der Waals surface area contributed by atoms with E-state index >= 15 is 0 Å². The van der Waals surface area contributed by atoms with Gasteiger partial charge in [0.15, 0.2) is 0 Å². The number of nitrogens with one attached hydrogen (secondary N) is 1. The second-order valence-corrected chi connectivity index (χ2v) is 5.17. The van der Waals surface area contributed by atoms with Crippen LogP contribution in [0.5, 0.6) is 0 Å². The minimum Gasteiger partial charge on any atom is -0.376 e. The summed E-state index contributed by atoms with van der Waals surface area (Å²) < 4.78 is 42.1. The van der Waals surface area contributed by atoms with Gasteiger partial charge in [-0.05, 0) is 18.8 Å². The van der Waals surface area contributed by atoms with Gasteiger partial charge >= 0.3 is 6.18 Å². The average molecular weight is 256 g/mol. The third-order valence-corrected chi connectivity index (χ3v) is 2.52. The van der Waals surface area contributed by atoms with Crippen molar-refractivity contribution in [1.82, 2.24) is 5.43 Å². The molecule has 104 valence electrons. The monoisotopic (exact) mass is 256 g/mol. The summed E-state index contributed by atoms with van der Waals surface area (Å²) in [4.78, 5) is 0. The standard InChI is InChI=1S/C11H23F3N2O/c1-5-17-9(10(2,3)4)8(16-15)6-7-11(12,13)14/h8-9,16H,5-7,15H2,1-4H3. The molecule has 2 unspecified atom stereocenters. The highest BCUT2D eigenvalue weighted by Crippen LogP contribution is 2.29. The highest BCUT2D eigenvalue weighted by Gasteiger charge is 2.35. The van der Waals surface area contributed by atoms with Crippen LogP contribution in [0.15, 0.2) is 0 Å². The molecular weight excluding hydrogens is 233 g/mol. The molecule has 0 radical (unpaired) electrons. The van der Waals surface area contributed by atoms with E-state index in [0.29, 0.717) is 6.61 Å². The molecule has 0 rings (SSSR count). The number of alkyl halides is 3. The third-order valence-electron chi connectivity index (χ3n) is 2.52. The van der Waals surface area contributed by atoms with E-state index in [1.807, 2.05) is 27.7 Å². The fraction of sp³-hybridized carbons (Fsp3) is 1.00. The maximum Gasteiger partial charge on any atom is 0.389 e. The van der Waals surface area contributed by atoms with Crippen molar-refractivity contribution in [3.63, 3.8) is 0 Å². The first-order chi connectivity index (χ1) is 7.61. The predicted octanol–water partition coefficient (Wildman–Crippen LogP) is 2.61. The highest BCUT2D eigenvalue weighted by molar-refractivity contribution is 4.85. The van der Waals surface area contributed by atoms with Crippen molar-refractivity contribution in [2.75, 3.05) is 6.61 Å². The minimum atomic E-state index is -4.16. The van der Waals surface area contributed by atoms with Gasteiger partial charge in [-0.2, -0.15) is 13.2 Å². The normalized spacial score (nSPS) is 16.9. The first kappa shape index (κ1) is 16.7. The largest absolute Gasteiger partial charge is 0.389 e. The van der Waals surface area contributed by atoms with E-state index in [4.69, 9.17) is 10.6 Å². The Morgan fingerprint density at radius 1 is 1.24 bits per heavy atom. The molecule has 0 aromatic carbocycles. The Labute approximate surface area is 101 Å². The lowest BCUT2D eigenvalue weighted by Gasteiger charge is -2.36. The van der Waals surface area contributed by atoms with Crippen LogP contribution >= 0.6 is 0 Å². The molecule has 0 saturated carbocycles. The molecule has 0 fully saturated rings. The summed E-state index contributed by atoms with van der Waals surface area (Å²) in [5.74, 6) is 5.33. The number of hydrazine groups is 1. The number of hydrogen-bond acceptors (Lipinski definition) is 3. The van der Waals surface area contributed by atoms with Gasteiger partial charge in [0.1, 0.15) is 0 Å². The molecule has 17 heavy (non-hydrogen) atoms. The number of halogens is 3. The summed E-state index contributed by atoms with van der Waals surface area (Å²) in [6.45, 7) is 8.03. The molecule has 0 bridgehead atoms. The molecule has 6 heteroatoms. The highest BCUT2D eigenvalue weighted by atomic mass is 19.4. The smallest absolute Gasteiger partial charge is 0.376 e. The van der Waals surface area contributed by atoms with Crippen LogP contribution in [-0.2, 0) is 4.74 Å². The molecular formula is C11H23F3N2O. The van der Waals surface area contributed by atoms with Gasteiger partial charge in [-0.3, -0.25) is 11.3 Å². The number of nitrogens with two attached hydrogens (primary N) is 1. The van der Waals surface area contributed by atoms with Crippen LogP contribution in [0.4, 0.5) is 13.2 Å². The third kappa shape index (κ3) is 6.85. The zero-order valence-electron chi connectivity index (χ0n) is 10.9. The van der Waals surface area contributed by atoms with Crippen LogP contribution < -0.4 is 11.3 Å². The van der Waals surface area contributed by atoms with E-state index in [9.17, 15) is 13.2 Å². The van der Waals surface area contributed by atoms with Crippen molar-refractivity contribution in [1.29, 1.82) is 0 Å². The Bertz CT molecular complexity index is 214. The van der Waals surface area contributed by atoms with E-state index in [2.05, 4.69) is 5.43 Å². The Morgan fingerprint density at radius 3 is 2.06 bits per heavy atom. The van der Waals surface area contributed by atoms with E-state index in [0.717, 1.165) is 0 Å². The quantitative estimate of drug-likeness (QED) is 0.567. The van der Waals surface area contributed by atoms with Gasteiger partial charge in [-0.15, -0.1) is 0 Å². The van der Waals surface area contributed by atoms with Gasteiger partial charge in [-0.1, -0.05) is 20.8 Å². The Morgan fingerprint density at radius 2 is 1.76 bits per heavy atom. The molecule has 0 spiro atoms. The lowest BCUT2D eigenvalue weighted by molar-refractivity contribution is -0.140. The van der Waals surface area contributed by atoms with Crippen LogP contribution in [0.3, 0.4) is 0 Å². The summed E-state index contributed by atoms with van der Waals surface area (Å²) in [5, 5.41) is 0. The number of ether oxygens (including phenoxy) is 1. The van der Waals surface area contributed by atoms with Crippen molar-refractivity contribution < 1.29 is 17.9 Å². The molecule has 0 heterocycles. The summed E-state index contributed by atoms with van der Waals surface area (Å²) in [6, 6.07) is -0.503. The zero-order valence-corrected chi connectivity index (χ0v) is 10.9. The Kier molecular flexibility index (Phi) is 6.43. The Hall–Kier alpha value is -0.330. The second-order valence-electron chi connectivity index (χ2n) is 5.17. The molecule has 0 amide bonds. The van der Waals surface area contributed by atoms with E-state index in [-0.39, 0.29) is 17.9 Å². The average Bonchev–Trinajstić information content (AvgIpc) is 2.13. The van der Waals surface area contributed by atoms with Gasteiger partial charge in [0.25, 0.3) is 0 Å². The summed E-state index contributed by atoms with van der Waals surface area (Å²) >= 11 is 0. The maximum atomic E-state index is 12.2. The molecule has 3 N–H and O–H groups in total. The van der Waals surface area contributed by atoms with Gasteiger partial charge in [0, 0.05) is 19.1 Å². The number of rotatable bonds is 6. The van der Waals surface area contributed by atoms with Crippen LogP contribution in [0.25, 0.3) is 0 Å². The molecule has 0 saturated heterocycles. The maximum absolute atomic E-state index is 12.2. The predicted molar refractivity (Wildman–Crippen MR) is 61.3 cm³/mol. The lowest BCUT2D eigenvalue weighted by Crippen LogP contribution is -2.51. The van der Waals surface area contributed by atoms with E-state index in [1.165, 1.54) is 0 Å². The van der Waals surface area contributed by atoms with Crippen molar-refractivity contribution in [3.8, 4) is 0 Å². The molecule has 0 aliphatic rings. The molecule has 2 atom stereocenters.